The third-order valence-corrected chi connectivity index (χ3v) is 5.61. The molecule has 0 saturated heterocycles. The molecule has 0 radical (unpaired) electrons. The lowest BCUT2D eigenvalue weighted by Gasteiger charge is -2.29. The van der Waals surface area contributed by atoms with E-state index in [2.05, 4.69) is 14.9 Å². The summed E-state index contributed by atoms with van der Waals surface area (Å²) in [6.07, 6.45) is 0.635. The molecule has 1 aliphatic heterocycles. The fraction of sp³-hybridized carbons (Fsp3) is 0.348. The summed E-state index contributed by atoms with van der Waals surface area (Å²) in [5.41, 5.74) is 3.72. The van der Waals surface area contributed by atoms with Gasteiger partial charge < -0.3 is 14.8 Å². The number of fused-ring (bicyclic) bond motifs is 2. The summed E-state index contributed by atoms with van der Waals surface area (Å²) in [7, 11) is 1.99. The number of nitrogens with one attached hydrogen (secondary N) is 1. The second-order valence-corrected chi connectivity index (χ2v) is 7.90. The lowest BCUT2D eigenvalue weighted by atomic mass is 10.0. The molecule has 3 aromatic rings. The van der Waals surface area contributed by atoms with Gasteiger partial charge in [-0.1, -0.05) is 44.2 Å². The highest BCUT2D eigenvalue weighted by Crippen LogP contribution is 2.27. The Hall–Kier alpha value is -3.15. The van der Waals surface area contributed by atoms with Crippen molar-refractivity contribution in [1.82, 2.24) is 19.8 Å². The molecule has 0 fully saturated rings. The maximum Gasteiger partial charge on any atom is 0.255 e. The Labute approximate surface area is 170 Å². The average molecular weight is 390 g/mol. The molecule has 2 heterocycles. The second-order valence-electron chi connectivity index (χ2n) is 7.90. The van der Waals surface area contributed by atoms with Crippen molar-refractivity contribution in [2.75, 3.05) is 6.54 Å². The summed E-state index contributed by atoms with van der Waals surface area (Å²) in [6, 6.07) is 15.1. The van der Waals surface area contributed by atoms with Crippen molar-refractivity contribution in [2.24, 2.45) is 13.0 Å². The molecule has 150 valence electrons. The zero-order valence-corrected chi connectivity index (χ0v) is 17.1. The van der Waals surface area contributed by atoms with E-state index in [0.29, 0.717) is 25.1 Å². The average Bonchev–Trinajstić information content (AvgIpc) is 3.20. The Morgan fingerprint density at radius 2 is 1.86 bits per heavy atom. The first-order valence-corrected chi connectivity index (χ1v) is 10.0. The van der Waals surface area contributed by atoms with E-state index in [-0.39, 0.29) is 17.7 Å². The zero-order valence-electron chi connectivity index (χ0n) is 17.1. The predicted octanol–water partition coefficient (Wildman–Crippen LogP) is 2.91. The third-order valence-electron chi connectivity index (χ3n) is 5.61. The van der Waals surface area contributed by atoms with Gasteiger partial charge in [0.15, 0.2) is 0 Å². The highest BCUT2D eigenvalue weighted by atomic mass is 16.2. The fourth-order valence-corrected chi connectivity index (χ4v) is 4.13. The number of carbonyl (C=O) groups is 2. The van der Waals surface area contributed by atoms with E-state index in [1.54, 1.807) is 4.90 Å². The minimum Gasteiger partial charge on any atom is -0.354 e. The number of imidazole rings is 1. The first-order valence-electron chi connectivity index (χ1n) is 10.0. The van der Waals surface area contributed by atoms with Gasteiger partial charge in [-0.3, -0.25) is 9.59 Å². The molecule has 29 heavy (non-hydrogen) atoms. The maximum atomic E-state index is 13.0. The molecule has 0 unspecified atom stereocenters. The van der Waals surface area contributed by atoms with Crippen LogP contribution in [0, 0.1) is 5.92 Å². The predicted molar refractivity (Wildman–Crippen MR) is 112 cm³/mol. The molecule has 2 aromatic carbocycles. The molecular weight excluding hydrogens is 364 g/mol. The summed E-state index contributed by atoms with van der Waals surface area (Å²) in [5, 5.41) is 3.02. The van der Waals surface area contributed by atoms with Gasteiger partial charge in [0.25, 0.3) is 5.91 Å². The summed E-state index contributed by atoms with van der Waals surface area (Å²) < 4.78 is 2.06. The molecule has 6 heteroatoms. The van der Waals surface area contributed by atoms with Gasteiger partial charge in [0.05, 0.1) is 11.0 Å². The Morgan fingerprint density at radius 3 is 2.59 bits per heavy atom. The van der Waals surface area contributed by atoms with Gasteiger partial charge in [-0.25, -0.2) is 4.98 Å². The van der Waals surface area contributed by atoms with E-state index >= 15 is 0 Å². The van der Waals surface area contributed by atoms with Crippen LogP contribution in [0.3, 0.4) is 0 Å². The van der Waals surface area contributed by atoms with Crippen LogP contribution in [0.4, 0.5) is 0 Å². The van der Waals surface area contributed by atoms with Crippen LogP contribution in [-0.4, -0.2) is 38.9 Å². The number of benzene rings is 2. The molecule has 2 amide bonds. The van der Waals surface area contributed by atoms with E-state index < -0.39 is 6.04 Å². The van der Waals surface area contributed by atoms with Crippen LogP contribution < -0.4 is 5.32 Å². The normalized spacial score (nSPS) is 14.5. The summed E-state index contributed by atoms with van der Waals surface area (Å²) in [5.74, 6) is 0.769. The molecule has 1 aliphatic rings. The summed E-state index contributed by atoms with van der Waals surface area (Å²) in [4.78, 5) is 32.1. The number of nitrogens with zero attached hydrogens (tertiary/aromatic N) is 3. The van der Waals surface area contributed by atoms with Crippen molar-refractivity contribution in [2.45, 2.75) is 32.9 Å². The van der Waals surface area contributed by atoms with Crippen molar-refractivity contribution < 1.29 is 9.59 Å². The van der Waals surface area contributed by atoms with Gasteiger partial charge in [-0.2, -0.15) is 0 Å². The van der Waals surface area contributed by atoms with Gasteiger partial charge in [0, 0.05) is 32.1 Å². The van der Waals surface area contributed by atoms with Crippen molar-refractivity contribution in [1.29, 1.82) is 0 Å². The number of rotatable bonds is 6. The van der Waals surface area contributed by atoms with E-state index in [9.17, 15) is 9.59 Å². The lowest BCUT2D eigenvalue weighted by molar-refractivity contribution is -0.127. The molecule has 6 nitrogen and oxygen atoms in total. The first kappa shape index (κ1) is 19.2. The van der Waals surface area contributed by atoms with Gasteiger partial charge in [-0.15, -0.1) is 0 Å². The molecule has 1 aromatic heterocycles. The van der Waals surface area contributed by atoms with Crippen molar-refractivity contribution in [3.8, 4) is 0 Å². The fourth-order valence-electron chi connectivity index (χ4n) is 4.13. The van der Waals surface area contributed by atoms with Crippen molar-refractivity contribution >= 4 is 22.8 Å². The number of para-hydroxylation sites is 2. The van der Waals surface area contributed by atoms with Gasteiger partial charge in [-0.05, 0) is 29.7 Å². The van der Waals surface area contributed by atoms with Crippen LogP contribution in [0.15, 0.2) is 48.5 Å². The Morgan fingerprint density at radius 1 is 1.14 bits per heavy atom. The molecule has 4 rings (SSSR count). The minimum atomic E-state index is -0.490. The quantitative estimate of drug-likeness (QED) is 0.704. The van der Waals surface area contributed by atoms with E-state index in [1.165, 1.54) is 0 Å². The first-order chi connectivity index (χ1) is 14.0. The van der Waals surface area contributed by atoms with Crippen LogP contribution in [0.2, 0.25) is 0 Å². The topological polar surface area (TPSA) is 67.2 Å². The van der Waals surface area contributed by atoms with Crippen molar-refractivity contribution in [3.63, 3.8) is 0 Å². The Kier molecular flexibility index (Phi) is 5.09. The molecule has 0 aliphatic carbocycles. The van der Waals surface area contributed by atoms with E-state index in [1.807, 2.05) is 69.4 Å². The molecular formula is C23H26N4O2. The molecule has 0 saturated carbocycles. The number of hydrogen-bond acceptors (Lipinski definition) is 3. The molecule has 1 N–H and O–H groups in total. The SMILES string of the molecule is CC(C)[C@H](C(=O)NCCc1nc2ccccc2n1C)N1Cc2ccccc2C1=O. The Balaban J connectivity index is 1.43. The van der Waals surface area contributed by atoms with Crippen molar-refractivity contribution in [3.05, 3.63) is 65.5 Å². The molecule has 0 bridgehead atoms. The maximum absolute atomic E-state index is 13.0. The smallest absolute Gasteiger partial charge is 0.255 e. The van der Waals surface area contributed by atoms with Gasteiger partial charge >= 0.3 is 0 Å². The number of aryl methyl sites for hydroxylation is 1. The monoisotopic (exact) mass is 390 g/mol. The van der Waals surface area contributed by atoms with E-state index in [0.717, 1.165) is 22.4 Å². The lowest BCUT2D eigenvalue weighted by Crippen LogP contribution is -2.50. The number of carbonyl (C=O) groups excluding carboxylic acids is 2. The zero-order chi connectivity index (χ0) is 20.5. The van der Waals surface area contributed by atoms with Crippen LogP contribution in [-0.2, 0) is 24.8 Å². The van der Waals surface area contributed by atoms with Gasteiger partial charge in [0.2, 0.25) is 5.91 Å². The number of hydrogen-bond donors (Lipinski definition) is 1. The molecule has 1 atom stereocenters. The minimum absolute atomic E-state index is 0.0176. The number of amides is 2. The Bertz CT molecular complexity index is 1070. The highest BCUT2D eigenvalue weighted by molar-refractivity contribution is 6.01. The van der Waals surface area contributed by atoms with Crippen LogP contribution >= 0.6 is 0 Å². The van der Waals surface area contributed by atoms with Crippen LogP contribution in [0.25, 0.3) is 11.0 Å². The highest BCUT2D eigenvalue weighted by Gasteiger charge is 2.37. The van der Waals surface area contributed by atoms with Crippen LogP contribution in [0.1, 0.15) is 35.6 Å². The standard InChI is InChI=1S/C23H26N4O2/c1-15(2)21(27-14-16-8-4-5-9-17(16)23(27)29)22(28)24-13-12-20-25-18-10-6-7-11-19(18)26(20)3/h4-11,15,21H,12-14H2,1-3H3,(H,24,28)/t21-/m1/s1. The summed E-state index contributed by atoms with van der Waals surface area (Å²) >= 11 is 0. The second kappa shape index (κ2) is 7.70. The molecule has 0 spiro atoms. The third kappa shape index (κ3) is 3.50. The summed E-state index contributed by atoms with van der Waals surface area (Å²) in [6.45, 7) is 4.92. The number of aromatic nitrogens is 2. The largest absolute Gasteiger partial charge is 0.354 e. The van der Waals surface area contributed by atoms with Crippen LogP contribution in [0.5, 0.6) is 0 Å². The van der Waals surface area contributed by atoms with Gasteiger partial charge in [0.1, 0.15) is 11.9 Å². The van der Waals surface area contributed by atoms with E-state index in [4.69, 9.17) is 0 Å².